The lowest BCUT2D eigenvalue weighted by atomic mass is 10.1. The Kier molecular flexibility index (Phi) is 2.80. The normalized spacial score (nSPS) is 9.77. The predicted molar refractivity (Wildman–Crippen MR) is 50.1 cm³/mol. The molecular weight excluding hydrogens is 164 g/mol. The molecule has 1 heterocycles. The summed E-state index contributed by atoms with van der Waals surface area (Å²) in [5, 5.41) is 8.56. The second kappa shape index (κ2) is 3.85. The molecule has 1 aromatic rings. The minimum absolute atomic E-state index is 0.418. The van der Waals surface area contributed by atoms with E-state index in [1.54, 1.807) is 19.4 Å². The minimum Gasteiger partial charge on any atom is -0.250 e. The second-order valence-corrected chi connectivity index (χ2v) is 3.13. The van der Waals surface area contributed by atoms with Crippen molar-refractivity contribution >= 4 is 5.95 Å². The van der Waals surface area contributed by atoms with E-state index >= 15 is 0 Å². The molecule has 1 rings (SSSR count). The Bertz CT molecular complexity index is 309. The Labute approximate surface area is 77.8 Å². The zero-order valence-corrected chi connectivity index (χ0v) is 8.02. The summed E-state index contributed by atoms with van der Waals surface area (Å²) < 4.78 is 0. The molecule has 4 nitrogen and oxygen atoms in total. The first-order valence-corrected chi connectivity index (χ1v) is 4.10. The van der Waals surface area contributed by atoms with Crippen molar-refractivity contribution in [1.29, 1.82) is 5.26 Å². The first-order valence-electron chi connectivity index (χ1n) is 4.10. The van der Waals surface area contributed by atoms with E-state index in [0.717, 1.165) is 5.56 Å². The van der Waals surface area contributed by atoms with Crippen LogP contribution in [0.2, 0.25) is 0 Å². The number of hydrogen-bond donors (Lipinski definition) is 0. The number of hydrogen-bond acceptors (Lipinski definition) is 4. The molecule has 68 valence electrons. The molecule has 0 saturated heterocycles. The Morgan fingerprint density at radius 1 is 1.38 bits per heavy atom. The molecule has 0 atom stereocenters. The van der Waals surface area contributed by atoms with Gasteiger partial charge in [-0.05, 0) is 11.5 Å². The smallest absolute Gasteiger partial charge is 0.238 e. The molecule has 0 fully saturated rings. The van der Waals surface area contributed by atoms with Crippen LogP contribution in [0.4, 0.5) is 5.95 Å². The number of anilines is 1. The predicted octanol–water partition coefficient (Wildman–Crippen LogP) is 1.52. The molecule has 0 unspecified atom stereocenters. The molecular formula is C9H12N4. The van der Waals surface area contributed by atoms with Crippen molar-refractivity contribution in [3.63, 3.8) is 0 Å². The molecule has 0 spiro atoms. The van der Waals surface area contributed by atoms with E-state index in [9.17, 15) is 0 Å². The highest BCUT2D eigenvalue weighted by molar-refractivity contribution is 5.34. The highest BCUT2D eigenvalue weighted by Crippen LogP contribution is 2.12. The van der Waals surface area contributed by atoms with Crippen LogP contribution < -0.4 is 4.90 Å². The van der Waals surface area contributed by atoms with Crippen LogP contribution in [0.5, 0.6) is 0 Å². The third-order valence-electron chi connectivity index (χ3n) is 1.77. The van der Waals surface area contributed by atoms with Crippen molar-refractivity contribution in [2.24, 2.45) is 0 Å². The highest BCUT2D eigenvalue weighted by atomic mass is 15.2. The van der Waals surface area contributed by atoms with Crippen LogP contribution in [0.3, 0.4) is 0 Å². The quantitative estimate of drug-likeness (QED) is 0.506. The first-order chi connectivity index (χ1) is 6.15. The van der Waals surface area contributed by atoms with Gasteiger partial charge in [0.2, 0.25) is 5.95 Å². The Morgan fingerprint density at radius 3 is 2.31 bits per heavy atom. The van der Waals surface area contributed by atoms with E-state index in [2.05, 4.69) is 23.8 Å². The van der Waals surface area contributed by atoms with Gasteiger partial charge in [-0.25, -0.2) is 9.97 Å². The molecule has 13 heavy (non-hydrogen) atoms. The van der Waals surface area contributed by atoms with Gasteiger partial charge >= 0.3 is 0 Å². The molecule has 0 aliphatic heterocycles. The summed E-state index contributed by atoms with van der Waals surface area (Å²) in [5.41, 5.74) is 1.08. The SMILES string of the molecule is CC(C)c1cnc(N(C)C#N)nc1. The van der Waals surface area contributed by atoms with Gasteiger partial charge in [-0.1, -0.05) is 13.8 Å². The van der Waals surface area contributed by atoms with Crippen LogP contribution in [0, 0.1) is 11.5 Å². The maximum absolute atomic E-state index is 8.56. The summed E-state index contributed by atoms with van der Waals surface area (Å²) in [6.07, 6.45) is 5.44. The van der Waals surface area contributed by atoms with E-state index < -0.39 is 0 Å². The number of aromatic nitrogens is 2. The van der Waals surface area contributed by atoms with E-state index in [1.807, 2.05) is 6.19 Å². The number of rotatable bonds is 2. The van der Waals surface area contributed by atoms with Gasteiger partial charge in [0.1, 0.15) is 0 Å². The van der Waals surface area contributed by atoms with Gasteiger partial charge in [0, 0.05) is 19.4 Å². The summed E-state index contributed by atoms with van der Waals surface area (Å²) in [5.74, 6) is 0.855. The second-order valence-electron chi connectivity index (χ2n) is 3.13. The average Bonchev–Trinajstić information content (AvgIpc) is 2.17. The van der Waals surface area contributed by atoms with E-state index in [-0.39, 0.29) is 0 Å². The Hall–Kier alpha value is -1.63. The lowest BCUT2D eigenvalue weighted by Gasteiger charge is -2.08. The van der Waals surface area contributed by atoms with Gasteiger partial charge in [0.25, 0.3) is 0 Å². The van der Waals surface area contributed by atoms with Crippen molar-refractivity contribution < 1.29 is 0 Å². The average molecular weight is 176 g/mol. The molecule has 0 amide bonds. The number of nitriles is 1. The summed E-state index contributed by atoms with van der Waals surface area (Å²) in [6.45, 7) is 4.15. The molecule has 0 saturated carbocycles. The molecule has 1 aromatic heterocycles. The Morgan fingerprint density at radius 2 is 1.92 bits per heavy atom. The summed E-state index contributed by atoms with van der Waals surface area (Å²) in [4.78, 5) is 9.45. The Balaban J connectivity index is 2.89. The summed E-state index contributed by atoms with van der Waals surface area (Å²) >= 11 is 0. The molecule has 0 aliphatic carbocycles. The van der Waals surface area contributed by atoms with Crippen LogP contribution in [0.15, 0.2) is 12.4 Å². The third-order valence-corrected chi connectivity index (χ3v) is 1.77. The fourth-order valence-corrected chi connectivity index (χ4v) is 0.847. The van der Waals surface area contributed by atoms with Crippen molar-refractivity contribution in [2.45, 2.75) is 19.8 Å². The van der Waals surface area contributed by atoms with Gasteiger partial charge in [-0.15, -0.1) is 0 Å². The zero-order chi connectivity index (χ0) is 9.84. The standard InChI is InChI=1S/C9H12N4/c1-7(2)8-4-11-9(12-5-8)13(3)6-10/h4-5,7H,1-3H3. The molecule has 4 heteroatoms. The van der Waals surface area contributed by atoms with Crippen molar-refractivity contribution in [3.8, 4) is 6.19 Å². The van der Waals surface area contributed by atoms with E-state index in [4.69, 9.17) is 5.26 Å². The van der Waals surface area contributed by atoms with Crippen molar-refractivity contribution in [2.75, 3.05) is 11.9 Å². The van der Waals surface area contributed by atoms with Gasteiger partial charge in [0.05, 0.1) is 0 Å². The highest BCUT2D eigenvalue weighted by Gasteiger charge is 2.04. The van der Waals surface area contributed by atoms with Crippen LogP contribution in [-0.2, 0) is 0 Å². The van der Waals surface area contributed by atoms with E-state index in [0.29, 0.717) is 11.9 Å². The van der Waals surface area contributed by atoms with Crippen LogP contribution in [0.1, 0.15) is 25.3 Å². The maximum Gasteiger partial charge on any atom is 0.238 e. The lowest BCUT2D eigenvalue weighted by Crippen LogP contribution is -2.12. The third kappa shape index (κ3) is 2.15. The van der Waals surface area contributed by atoms with Gasteiger partial charge in [-0.3, -0.25) is 4.90 Å². The minimum atomic E-state index is 0.418. The molecule has 0 aliphatic rings. The molecule has 0 bridgehead atoms. The van der Waals surface area contributed by atoms with Crippen molar-refractivity contribution in [1.82, 2.24) is 9.97 Å². The molecule has 0 radical (unpaired) electrons. The van der Waals surface area contributed by atoms with Gasteiger partial charge < -0.3 is 0 Å². The van der Waals surface area contributed by atoms with Crippen molar-refractivity contribution in [3.05, 3.63) is 18.0 Å². The van der Waals surface area contributed by atoms with Crippen LogP contribution in [0.25, 0.3) is 0 Å². The lowest BCUT2D eigenvalue weighted by molar-refractivity contribution is 0.842. The monoisotopic (exact) mass is 176 g/mol. The topological polar surface area (TPSA) is 52.8 Å². The van der Waals surface area contributed by atoms with Gasteiger partial charge in [-0.2, -0.15) is 5.26 Å². The molecule has 0 N–H and O–H groups in total. The number of nitrogens with zero attached hydrogens (tertiary/aromatic N) is 4. The van der Waals surface area contributed by atoms with Crippen LogP contribution >= 0.6 is 0 Å². The molecule has 0 aromatic carbocycles. The fraction of sp³-hybridized carbons (Fsp3) is 0.444. The zero-order valence-electron chi connectivity index (χ0n) is 8.02. The summed E-state index contributed by atoms with van der Waals surface area (Å²) in [6, 6.07) is 0. The maximum atomic E-state index is 8.56. The summed E-state index contributed by atoms with van der Waals surface area (Å²) in [7, 11) is 1.63. The van der Waals surface area contributed by atoms with Gasteiger partial charge in [0.15, 0.2) is 6.19 Å². The van der Waals surface area contributed by atoms with E-state index in [1.165, 1.54) is 4.90 Å². The van der Waals surface area contributed by atoms with Crippen LogP contribution in [-0.4, -0.2) is 17.0 Å². The fourth-order valence-electron chi connectivity index (χ4n) is 0.847. The first kappa shape index (κ1) is 9.46. The largest absolute Gasteiger partial charge is 0.250 e.